The van der Waals surface area contributed by atoms with E-state index in [0.29, 0.717) is 19.7 Å². The van der Waals surface area contributed by atoms with E-state index in [1.165, 1.54) is 0 Å². The third kappa shape index (κ3) is 2.13. The molecule has 110 valence electrons. The summed E-state index contributed by atoms with van der Waals surface area (Å²) in [5.74, 6) is -2.01. The average molecular weight is 281 g/mol. The lowest BCUT2D eigenvalue weighted by molar-refractivity contribution is -0.155. The fourth-order valence-corrected chi connectivity index (χ4v) is 3.74. The molecule has 2 bridgehead atoms. The van der Waals surface area contributed by atoms with E-state index in [1.54, 1.807) is 4.90 Å². The molecular formula is C14H19NO5. The van der Waals surface area contributed by atoms with E-state index in [4.69, 9.17) is 9.84 Å². The van der Waals surface area contributed by atoms with Gasteiger partial charge in [0.25, 0.3) is 0 Å². The first-order chi connectivity index (χ1) is 9.61. The second-order valence-corrected chi connectivity index (χ2v) is 5.80. The van der Waals surface area contributed by atoms with Crippen LogP contribution in [0.4, 0.5) is 0 Å². The lowest BCUT2D eigenvalue weighted by Crippen LogP contribution is -2.51. The van der Waals surface area contributed by atoms with E-state index >= 15 is 0 Å². The van der Waals surface area contributed by atoms with Gasteiger partial charge in [0.05, 0.1) is 31.2 Å². The predicted octanol–water partition coefficient (Wildman–Crippen LogP) is -0.271. The number of hydrogen-bond donors (Lipinski definition) is 2. The van der Waals surface area contributed by atoms with Crippen LogP contribution in [0.1, 0.15) is 6.42 Å². The highest BCUT2D eigenvalue weighted by Crippen LogP contribution is 2.48. The Morgan fingerprint density at radius 1 is 1.25 bits per heavy atom. The van der Waals surface area contributed by atoms with Crippen LogP contribution >= 0.6 is 0 Å². The molecule has 0 aromatic carbocycles. The smallest absolute Gasteiger partial charge is 0.307 e. The molecule has 3 rings (SSSR count). The van der Waals surface area contributed by atoms with Crippen LogP contribution in [0, 0.1) is 23.7 Å². The zero-order valence-corrected chi connectivity index (χ0v) is 11.1. The van der Waals surface area contributed by atoms with Crippen LogP contribution in [0.5, 0.6) is 0 Å². The van der Waals surface area contributed by atoms with E-state index < -0.39 is 17.8 Å². The number of nitrogens with zero attached hydrogens (tertiary/aromatic N) is 1. The van der Waals surface area contributed by atoms with Crippen molar-refractivity contribution in [1.29, 1.82) is 0 Å². The molecule has 3 aliphatic rings. The standard InChI is InChI=1S/C14H19NO5/c16-7-10-6-15(3-4-20-10)13(17)11-8-1-2-9(5-8)12(11)14(18)19/h1-2,8-12,16H,3-7H2,(H,18,19)/t8?,9?,10?,11-,12+/m0/s1. The molecule has 2 aliphatic carbocycles. The molecule has 0 aromatic heterocycles. The van der Waals surface area contributed by atoms with E-state index in [0.717, 1.165) is 6.42 Å². The van der Waals surface area contributed by atoms with E-state index in [2.05, 4.69) is 0 Å². The van der Waals surface area contributed by atoms with E-state index in [1.807, 2.05) is 12.2 Å². The summed E-state index contributed by atoms with van der Waals surface area (Å²) in [6.07, 6.45) is 4.33. The van der Waals surface area contributed by atoms with Crippen LogP contribution in [0.15, 0.2) is 12.2 Å². The van der Waals surface area contributed by atoms with E-state index in [-0.39, 0.29) is 30.5 Å². The van der Waals surface area contributed by atoms with Gasteiger partial charge >= 0.3 is 5.97 Å². The summed E-state index contributed by atoms with van der Waals surface area (Å²) in [6, 6.07) is 0. The van der Waals surface area contributed by atoms with Crippen molar-refractivity contribution in [2.75, 3.05) is 26.3 Å². The molecule has 1 saturated carbocycles. The summed E-state index contributed by atoms with van der Waals surface area (Å²) in [5.41, 5.74) is 0. The van der Waals surface area contributed by atoms with Gasteiger partial charge in [-0.1, -0.05) is 12.2 Å². The van der Waals surface area contributed by atoms with Gasteiger partial charge in [0.1, 0.15) is 0 Å². The molecule has 6 heteroatoms. The number of ether oxygens (including phenoxy) is 1. The van der Waals surface area contributed by atoms with Crippen molar-refractivity contribution in [3.05, 3.63) is 12.2 Å². The van der Waals surface area contributed by atoms with Gasteiger partial charge in [-0.15, -0.1) is 0 Å². The summed E-state index contributed by atoms with van der Waals surface area (Å²) < 4.78 is 5.33. The highest BCUT2D eigenvalue weighted by molar-refractivity contribution is 5.87. The van der Waals surface area contributed by atoms with Crippen LogP contribution in [-0.4, -0.2) is 59.4 Å². The molecule has 1 heterocycles. The Labute approximate surface area is 117 Å². The summed E-state index contributed by atoms with van der Waals surface area (Å²) in [4.78, 5) is 25.8. The molecule has 6 nitrogen and oxygen atoms in total. The number of aliphatic hydroxyl groups excluding tert-OH is 1. The lowest BCUT2D eigenvalue weighted by atomic mass is 9.82. The Morgan fingerprint density at radius 3 is 2.60 bits per heavy atom. The molecule has 1 amide bonds. The number of aliphatic carboxylic acids is 1. The number of amides is 1. The van der Waals surface area contributed by atoms with Gasteiger partial charge < -0.3 is 19.8 Å². The number of allylic oxidation sites excluding steroid dienone is 2. The van der Waals surface area contributed by atoms with Crippen LogP contribution in [0.25, 0.3) is 0 Å². The molecular weight excluding hydrogens is 262 g/mol. The maximum atomic E-state index is 12.7. The van der Waals surface area contributed by atoms with Crippen molar-refractivity contribution in [1.82, 2.24) is 4.90 Å². The number of carbonyl (C=O) groups excluding carboxylic acids is 1. The Balaban J connectivity index is 1.76. The van der Waals surface area contributed by atoms with Crippen molar-refractivity contribution in [3.63, 3.8) is 0 Å². The molecule has 5 atom stereocenters. The zero-order chi connectivity index (χ0) is 14.3. The SMILES string of the molecule is O=C(O)[C@@H]1C2C=CC(C2)[C@@H]1C(=O)N1CCOC(CO)C1. The minimum atomic E-state index is -0.882. The zero-order valence-electron chi connectivity index (χ0n) is 11.1. The Kier molecular flexibility index (Phi) is 3.52. The van der Waals surface area contributed by atoms with Gasteiger partial charge in [-0.25, -0.2) is 0 Å². The van der Waals surface area contributed by atoms with Gasteiger partial charge in [0, 0.05) is 13.1 Å². The van der Waals surface area contributed by atoms with Gasteiger partial charge in [0.2, 0.25) is 5.91 Å². The lowest BCUT2D eigenvalue weighted by Gasteiger charge is -2.36. The maximum Gasteiger partial charge on any atom is 0.307 e. The molecule has 1 saturated heterocycles. The topological polar surface area (TPSA) is 87.1 Å². The van der Waals surface area contributed by atoms with Crippen molar-refractivity contribution >= 4 is 11.9 Å². The minimum absolute atomic E-state index is 0.0128. The van der Waals surface area contributed by atoms with Crippen molar-refractivity contribution in [2.45, 2.75) is 12.5 Å². The number of carboxylic acid groups (broad SMARTS) is 1. The van der Waals surface area contributed by atoms with Gasteiger partial charge in [-0.05, 0) is 18.3 Å². The normalized spacial score (nSPS) is 39.2. The molecule has 2 N–H and O–H groups in total. The van der Waals surface area contributed by atoms with Gasteiger partial charge in [-0.3, -0.25) is 9.59 Å². The monoisotopic (exact) mass is 281 g/mol. The molecule has 2 fully saturated rings. The quantitative estimate of drug-likeness (QED) is 0.695. The van der Waals surface area contributed by atoms with Crippen molar-refractivity contribution in [3.8, 4) is 0 Å². The molecule has 3 unspecified atom stereocenters. The largest absolute Gasteiger partial charge is 0.481 e. The van der Waals surface area contributed by atoms with Crippen LogP contribution in [0.3, 0.4) is 0 Å². The van der Waals surface area contributed by atoms with Crippen molar-refractivity contribution in [2.24, 2.45) is 23.7 Å². The first-order valence-corrected chi connectivity index (χ1v) is 7.04. The Hall–Kier alpha value is -1.40. The molecule has 0 aromatic rings. The molecule has 0 radical (unpaired) electrons. The second-order valence-electron chi connectivity index (χ2n) is 5.80. The van der Waals surface area contributed by atoms with Crippen LogP contribution < -0.4 is 0 Å². The van der Waals surface area contributed by atoms with Gasteiger partial charge in [0.15, 0.2) is 0 Å². The first-order valence-electron chi connectivity index (χ1n) is 7.04. The fraction of sp³-hybridized carbons (Fsp3) is 0.714. The number of rotatable bonds is 3. The Bertz CT molecular complexity index is 449. The molecule has 0 spiro atoms. The highest BCUT2D eigenvalue weighted by atomic mass is 16.5. The number of aliphatic hydroxyl groups is 1. The number of fused-ring (bicyclic) bond motifs is 2. The number of carboxylic acids is 1. The fourth-order valence-electron chi connectivity index (χ4n) is 3.74. The van der Waals surface area contributed by atoms with Crippen LogP contribution in [0.2, 0.25) is 0 Å². The summed E-state index contributed by atoms with van der Waals surface area (Å²) in [7, 11) is 0. The summed E-state index contributed by atoms with van der Waals surface area (Å²) in [5, 5.41) is 18.5. The molecule has 1 aliphatic heterocycles. The second kappa shape index (κ2) is 5.18. The average Bonchev–Trinajstić information content (AvgIpc) is 3.07. The summed E-state index contributed by atoms with van der Waals surface area (Å²) in [6.45, 7) is 1.09. The summed E-state index contributed by atoms with van der Waals surface area (Å²) >= 11 is 0. The highest BCUT2D eigenvalue weighted by Gasteiger charge is 2.52. The third-order valence-electron chi connectivity index (χ3n) is 4.68. The predicted molar refractivity (Wildman–Crippen MR) is 68.8 cm³/mol. The Morgan fingerprint density at radius 2 is 1.95 bits per heavy atom. The number of morpholine rings is 1. The number of carbonyl (C=O) groups is 2. The van der Waals surface area contributed by atoms with Gasteiger partial charge in [-0.2, -0.15) is 0 Å². The van der Waals surface area contributed by atoms with Crippen LogP contribution in [-0.2, 0) is 14.3 Å². The third-order valence-corrected chi connectivity index (χ3v) is 4.68. The van der Waals surface area contributed by atoms with E-state index in [9.17, 15) is 14.7 Å². The maximum absolute atomic E-state index is 12.7. The number of hydrogen-bond acceptors (Lipinski definition) is 4. The molecule has 20 heavy (non-hydrogen) atoms. The van der Waals surface area contributed by atoms with Crippen molar-refractivity contribution < 1.29 is 24.5 Å². The minimum Gasteiger partial charge on any atom is -0.481 e. The first kappa shape index (κ1) is 13.6.